The van der Waals surface area contributed by atoms with E-state index in [1.165, 1.54) is 6.08 Å². The van der Waals surface area contributed by atoms with Gasteiger partial charge in [-0.3, -0.25) is 4.79 Å². The molecule has 0 unspecified atom stereocenters. The molecule has 0 saturated carbocycles. The van der Waals surface area contributed by atoms with Gasteiger partial charge in [-0.15, -0.1) is 0 Å². The van der Waals surface area contributed by atoms with Gasteiger partial charge in [-0.2, -0.15) is 0 Å². The van der Waals surface area contributed by atoms with Crippen molar-refractivity contribution >= 4 is 17.7 Å². The average molecular weight is 282 g/mol. The Hall–Kier alpha value is -2.59. The highest BCUT2D eigenvalue weighted by atomic mass is 16.5. The van der Waals surface area contributed by atoms with Crippen molar-refractivity contribution in [1.82, 2.24) is 0 Å². The lowest BCUT2D eigenvalue weighted by molar-refractivity contribution is -0.111. The predicted octanol–water partition coefficient (Wildman–Crippen LogP) is 2.81. The summed E-state index contributed by atoms with van der Waals surface area (Å²) >= 11 is 0. The zero-order valence-electron chi connectivity index (χ0n) is 11.9. The van der Waals surface area contributed by atoms with E-state index in [-0.39, 0.29) is 5.91 Å². The van der Waals surface area contributed by atoms with Crippen molar-refractivity contribution < 1.29 is 9.53 Å². The van der Waals surface area contributed by atoms with E-state index in [0.717, 1.165) is 22.6 Å². The Kier molecular flexibility index (Phi) is 5.12. The minimum Gasteiger partial charge on any atom is -0.497 e. The largest absolute Gasteiger partial charge is 0.497 e. The van der Waals surface area contributed by atoms with Crippen LogP contribution < -0.4 is 15.8 Å². The van der Waals surface area contributed by atoms with Crippen LogP contribution in [-0.2, 0) is 11.3 Å². The van der Waals surface area contributed by atoms with E-state index in [0.29, 0.717) is 6.54 Å². The third-order valence-electron chi connectivity index (χ3n) is 2.97. The van der Waals surface area contributed by atoms with Crippen molar-refractivity contribution in [2.24, 2.45) is 5.73 Å². The molecule has 0 aromatic heterocycles. The molecule has 0 spiro atoms. The van der Waals surface area contributed by atoms with Gasteiger partial charge in [0.2, 0.25) is 5.91 Å². The maximum Gasteiger partial charge on any atom is 0.248 e. The van der Waals surface area contributed by atoms with Crippen molar-refractivity contribution in [3.63, 3.8) is 0 Å². The fraction of sp³-hybridized carbons (Fsp3) is 0.118. The Morgan fingerprint density at radius 2 is 2.00 bits per heavy atom. The molecule has 0 radical (unpaired) electrons. The van der Waals surface area contributed by atoms with E-state index < -0.39 is 0 Å². The smallest absolute Gasteiger partial charge is 0.248 e. The zero-order valence-corrected chi connectivity index (χ0v) is 11.9. The monoisotopic (exact) mass is 282 g/mol. The van der Waals surface area contributed by atoms with E-state index in [4.69, 9.17) is 10.5 Å². The van der Waals surface area contributed by atoms with Gasteiger partial charge in [0.25, 0.3) is 0 Å². The predicted molar refractivity (Wildman–Crippen MR) is 85.0 cm³/mol. The molecule has 2 aromatic rings. The summed E-state index contributed by atoms with van der Waals surface area (Å²) in [6.07, 6.45) is 3.25. The van der Waals surface area contributed by atoms with E-state index in [1.807, 2.05) is 48.5 Å². The van der Waals surface area contributed by atoms with Crippen molar-refractivity contribution in [3.05, 3.63) is 65.7 Å². The SMILES string of the molecule is COc1ccc(C=CC(=O)Nc2cccc(CN)c2)cc1. The van der Waals surface area contributed by atoms with Crippen LogP contribution in [0.3, 0.4) is 0 Å². The Balaban J connectivity index is 1.98. The van der Waals surface area contributed by atoms with Crippen LogP contribution in [0.4, 0.5) is 5.69 Å². The number of anilines is 1. The molecular formula is C17H18N2O2. The minimum atomic E-state index is -0.181. The Bertz CT molecular complexity index is 633. The number of carbonyl (C=O) groups is 1. The molecule has 0 bridgehead atoms. The normalized spacial score (nSPS) is 10.6. The van der Waals surface area contributed by atoms with Gasteiger partial charge >= 0.3 is 0 Å². The number of carbonyl (C=O) groups excluding carboxylic acids is 1. The molecule has 2 rings (SSSR count). The lowest BCUT2D eigenvalue weighted by atomic mass is 10.2. The molecule has 0 aliphatic rings. The highest BCUT2D eigenvalue weighted by Gasteiger charge is 1.99. The molecule has 0 fully saturated rings. The number of amides is 1. The van der Waals surface area contributed by atoms with Gasteiger partial charge in [0.1, 0.15) is 5.75 Å². The summed E-state index contributed by atoms with van der Waals surface area (Å²) in [5.74, 6) is 0.607. The first-order valence-electron chi connectivity index (χ1n) is 6.63. The number of nitrogens with two attached hydrogens (primary N) is 1. The maximum absolute atomic E-state index is 11.9. The van der Waals surface area contributed by atoms with Gasteiger partial charge in [-0.05, 0) is 41.5 Å². The lowest BCUT2D eigenvalue weighted by Crippen LogP contribution is -2.08. The van der Waals surface area contributed by atoms with Crippen LogP contribution in [0.1, 0.15) is 11.1 Å². The van der Waals surface area contributed by atoms with Crippen LogP contribution in [-0.4, -0.2) is 13.0 Å². The van der Waals surface area contributed by atoms with Crippen LogP contribution in [0.5, 0.6) is 5.75 Å². The molecule has 4 heteroatoms. The van der Waals surface area contributed by atoms with Gasteiger partial charge < -0.3 is 15.8 Å². The van der Waals surface area contributed by atoms with Crippen molar-refractivity contribution in [2.45, 2.75) is 6.54 Å². The number of methoxy groups -OCH3 is 1. The van der Waals surface area contributed by atoms with Crippen LogP contribution in [0.2, 0.25) is 0 Å². The Morgan fingerprint density at radius 1 is 1.24 bits per heavy atom. The molecule has 0 saturated heterocycles. The fourth-order valence-electron chi connectivity index (χ4n) is 1.85. The number of hydrogen-bond donors (Lipinski definition) is 2. The van der Waals surface area contributed by atoms with E-state index in [9.17, 15) is 4.79 Å². The average Bonchev–Trinajstić information content (AvgIpc) is 2.53. The summed E-state index contributed by atoms with van der Waals surface area (Å²) in [5, 5.41) is 2.80. The van der Waals surface area contributed by atoms with Crippen molar-refractivity contribution in [1.29, 1.82) is 0 Å². The topological polar surface area (TPSA) is 64.3 Å². The number of nitrogens with one attached hydrogen (secondary N) is 1. The number of ether oxygens (including phenoxy) is 1. The standard InChI is InChI=1S/C17H18N2O2/c1-21-16-8-5-13(6-9-16)7-10-17(20)19-15-4-2-3-14(11-15)12-18/h2-11H,12,18H2,1H3,(H,19,20). The summed E-state index contributed by atoms with van der Waals surface area (Å²) < 4.78 is 5.08. The van der Waals surface area contributed by atoms with Crippen LogP contribution in [0, 0.1) is 0 Å². The molecule has 108 valence electrons. The molecule has 3 N–H and O–H groups in total. The summed E-state index contributed by atoms with van der Waals surface area (Å²) in [4.78, 5) is 11.9. The Labute approximate surface area is 124 Å². The molecule has 4 nitrogen and oxygen atoms in total. The zero-order chi connectivity index (χ0) is 15.1. The minimum absolute atomic E-state index is 0.181. The highest BCUT2D eigenvalue weighted by molar-refractivity contribution is 6.01. The first-order valence-corrected chi connectivity index (χ1v) is 6.63. The number of benzene rings is 2. The fourth-order valence-corrected chi connectivity index (χ4v) is 1.85. The Morgan fingerprint density at radius 3 is 2.67 bits per heavy atom. The van der Waals surface area contributed by atoms with Crippen LogP contribution >= 0.6 is 0 Å². The molecule has 0 aliphatic carbocycles. The highest BCUT2D eigenvalue weighted by Crippen LogP contribution is 2.13. The van der Waals surface area contributed by atoms with Gasteiger partial charge in [0.05, 0.1) is 7.11 Å². The quantitative estimate of drug-likeness (QED) is 0.829. The molecule has 2 aromatic carbocycles. The second-order valence-electron chi connectivity index (χ2n) is 4.50. The lowest BCUT2D eigenvalue weighted by Gasteiger charge is -2.04. The number of rotatable bonds is 5. The molecule has 0 atom stereocenters. The van der Waals surface area contributed by atoms with Gasteiger partial charge in [-0.25, -0.2) is 0 Å². The van der Waals surface area contributed by atoms with Crippen LogP contribution in [0.25, 0.3) is 6.08 Å². The second-order valence-corrected chi connectivity index (χ2v) is 4.50. The third kappa shape index (κ3) is 4.47. The van der Waals surface area contributed by atoms with Gasteiger partial charge in [0, 0.05) is 18.3 Å². The van der Waals surface area contributed by atoms with Crippen molar-refractivity contribution in [2.75, 3.05) is 12.4 Å². The summed E-state index contributed by atoms with van der Waals surface area (Å²) in [7, 11) is 1.62. The van der Waals surface area contributed by atoms with E-state index >= 15 is 0 Å². The first kappa shape index (κ1) is 14.8. The first-order chi connectivity index (χ1) is 10.2. The second kappa shape index (κ2) is 7.26. The van der Waals surface area contributed by atoms with Crippen LogP contribution in [0.15, 0.2) is 54.6 Å². The van der Waals surface area contributed by atoms with Gasteiger partial charge in [0.15, 0.2) is 0 Å². The summed E-state index contributed by atoms with van der Waals surface area (Å²) in [6, 6.07) is 14.9. The maximum atomic E-state index is 11.9. The molecule has 0 aliphatic heterocycles. The molecule has 0 heterocycles. The molecule has 21 heavy (non-hydrogen) atoms. The van der Waals surface area contributed by atoms with E-state index in [1.54, 1.807) is 13.2 Å². The third-order valence-corrected chi connectivity index (χ3v) is 2.97. The van der Waals surface area contributed by atoms with Crippen molar-refractivity contribution in [3.8, 4) is 5.75 Å². The summed E-state index contributed by atoms with van der Waals surface area (Å²) in [6.45, 7) is 0.450. The number of hydrogen-bond acceptors (Lipinski definition) is 3. The molecule has 1 amide bonds. The van der Waals surface area contributed by atoms with Gasteiger partial charge in [-0.1, -0.05) is 24.3 Å². The molecular weight excluding hydrogens is 264 g/mol. The summed E-state index contributed by atoms with van der Waals surface area (Å²) in [5.41, 5.74) is 8.22. The van der Waals surface area contributed by atoms with E-state index in [2.05, 4.69) is 5.32 Å².